The van der Waals surface area contributed by atoms with Crippen molar-refractivity contribution in [1.82, 2.24) is 0 Å². The second-order valence-corrected chi connectivity index (χ2v) is 11.4. The zero-order valence-electron chi connectivity index (χ0n) is 25.0. The van der Waals surface area contributed by atoms with Crippen molar-refractivity contribution in [3.63, 3.8) is 0 Å². The molecule has 226 valence electrons. The van der Waals surface area contributed by atoms with Crippen molar-refractivity contribution in [2.24, 2.45) is 11.8 Å². The van der Waals surface area contributed by atoms with E-state index in [1.165, 1.54) is 38.5 Å². The van der Waals surface area contributed by atoms with Crippen LogP contribution in [0.25, 0.3) is 0 Å². The molecule has 0 aliphatic heterocycles. The van der Waals surface area contributed by atoms with E-state index < -0.39 is 35.0 Å². The van der Waals surface area contributed by atoms with E-state index in [0.29, 0.717) is 24.7 Å². The van der Waals surface area contributed by atoms with E-state index in [9.17, 15) is 29.4 Å². The fourth-order valence-electron chi connectivity index (χ4n) is 4.50. The molecule has 0 heterocycles. The lowest BCUT2D eigenvalue weighted by Gasteiger charge is -2.12. The quantitative estimate of drug-likeness (QED) is 0.107. The van der Waals surface area contributed by atoms with Crippen LogP contribution in [-0.4, -0.2) is 47.3 Å². The summed E-state index contributed by atoms with van der Waals surface area (Å²) in [6.45, 7) is 9.07. The summed E-state index contributed by atoms with van der Waals surface area (Å²) in [7, 11) is 0. The minimum Gasteiger partial charge on any atom is -0.478 e. The number of carbonyl (C=O) groups excluding carboxylic acids is 2. The van der Waals surface area contributed by atoms with Crippen molar-refractivity contribution >= 4 is 23.9 Å². The second-order valence-electron chi connectivity index (χ2n) is 11.4. The Morgan fingerprint density at radius 3 is 1.15 bits per heavy atom. The predicted molar refractivity (Wildman–Crippen MR) is 155 cm³/mol. The molecule has 1 aromatic carbocycles. The van der Waals surface area contributed by atoms with Crippen LogP contribution in [0.15, 0.2) is 12.1 Å². The van der Waals surface area contributed by atoms with Crippen LogP contribution in [0, 0.1) is 11.8 Å². The molecule has 1 rings (SSSR count). The summed E-state index contributed by atoms with van der Waals surface area (Å²) >= 11 is 0. The fourth-order valence-corrected chi connectivity index (χ4v) is 4.50. The molecule has 0 aliphatic carbocycles. The van der Waals surface area contributed by atoms with Crippen molar-refractivity contribution < 1.29 is 38.9 Å². The maximum atomic E-state index is 12.7. The molecule has 0 saturated heterocycles. The number of ether oxygens (including phenoxy) is 2. The van der Waals surface area contributed by atoms with Crippen molar-refractivity contribution in [1.29, 1.82) is 0 Å². The summed E-state index contributed by atoms with van der Waals surface area (Å²) in [5.41, 5.74) is -1.78. The normalized spacial score (nSPS) is 11.2. The van der Waals surface area contributed by atoms with Gasteiger partial charge in [-0.3, -0.25) is 0 Å². The molecule has 1 aromatic rings. The van der Waals surface area contributed by atoms with Gasteiger partial charge in [0.1, 0.15) is 0 Å². The van der Waals surface area contributed by atoms with Crippen molar-refractivity contribution in [3.8, 4) is 0 Å². The summed E-state index contributed by atoms with van der Waals surface area (Å²) in [5.74, 6) is -3.36. The molecule has 0 unspecified atom stereocenters. The lowest BCUT2D eigenvalue weighted by molar-refractivity contribution is 0.0479. The van der Waals surface area contributed by atoms with Crippen LogP contribution in [0.3, 0.4) is 0 Å². The fraction of sp³-hybridized carbons (Fsp3) is 0.688. The summed E-state index contributed by atoms with van der Waals surface area (Å²) in [4.78, 5) is 49.0. The monoisotopic (exact) mass is 562 g/mol. The number of hydrogen-bond donors (Lipinski definition) is 2. The summed E-state index contributed by atoms with van der Waals surface area (Å²) in [5, 5.41) is 19.2. The zero-order valence-corrected chi connectivity index (χ0v) is 25.0. The van der Waals surface area contributed by atoms with Gasteiger partial charge in [0.15, 0.2) is 0 Å². The zero-order chi connectivity index (χ0) is 29.9. The van der Waals surface area contributed by atoms with Crippen LogP contribution in [0.4, 0.5) is 0 Å². The summed E-state index contributed by atoms with van der Waals surface area (Å²) < 4.78 is 10.6. The number of carboxylic acids is 2. The molecule has 0 radical (unpaired) electrons. The Hall–Kier alpha value is -2.90. The molecule has 8 nitrogen and oxygen atoms in total. The predicted octanol–water partition coefficient (Wildman–Crippen LogP) is 8.17. The van der Waals surface area contributed by atoms with E-state index >= 15 is 0 Å². The topological polar surface area (TPSA) is 127 Å². The molecule has 8 heteroatoms. The second kappa shape index (κ2) is 20.0. The Morgan fingerprint density at radius 1 is 0.525 bits per heavy atom. The number of benzene rings is 1. The molecule has 0 aliphatic rings. The van der Waals surface area contributed by atoms with E-state index in [-0.39, 0.29) is 24.3 Å². The van der Waals surface area contributed by atoms with Crippen LogP contribution in [0.2, 0.25) is 0 Å². The maximum absolute atomic E-state index is 12.7. The highest BCUT2D eigenvalue weighted by Gasteiger charge is 2.27. The molecular formula is C32H50O8. The first kappa shape index (κ1) is 35.1. The highest BCUT2D eigenvalue weighted by Crippen LogP contribution is 2.21. The van der Waals surface area contributed by atoms with Gasteiger partial charge in [0.25, 0.3) is 0 Å². The molecule has 0 saturated carbocycles. The molecule has 40 heavy (non-hydrogen) atoms. The average molecular weight is 563 g/mol. The Labute approximate surface area is 239 Å². The number of hydrogen-bond acceptors (Lipinski definition) is 6. The highest BCUT2D eigenvalue weighted by molar-refractivity contribution is 6.09. The van der Waals surface area contributed by atoms with Crippen LogP contribution in [-0.2, 0) is 9.47 Å². The number of esters is 2. The largest absolute Gasteiger partial charge is 0.478 e. The first-order valence-corrected chi connectivity index (χ1v) is 15.0. The minimum absolute atomic E-state index is 0.113. The third kappa shape index (κ3) is 14.5. The smallest absolute Gasteiger partial charge is 0.339 e. The molecule has 0 bridgehead atoms. The highest BCUT2D eigenvalue weighted by atomic mass is 16.5. The lowest BCUT2D eigenvalue weighted by atomic mass is 9.98. The molecule has 0 amide bonds. The van der Waals surface area contributed by atoms with Gasteiger partial charge in [-0.1, -0.05) is 105 Å². The van der Waals surface area contributed by atoms with Gasteiger partial charge in [-0.05, 0) is 36.8 Å². The van der Waals surface area contributed by atoms with Crippen molar-refractivity contribution in [3.05, 3.63) is 34.4 Å². The van der Waals surface area contributed by atoms with E-state index in [1.807, 2.05) is 0 Å². The number of aromatic carboxylic acids is 2. The molecule has 2 N–H and O–H groups in total. The van der Waals surface area contributed by atoms with Gasteiger partial charge < -0.3 is 19.7 Å². The van der Waals surface area contributed by atoms with Crippen LogP contribution in [0.5, 0.6) is 0 Å². The van der Waals surface area contributed by atoms with E-state index in [1.54, 1.807) is 0 Å². The van der Waals surface area contributed by atoms with Gasteiger partial charge in [0.05, 0.1) is 35.5 Å². The number of rotatable bonds is 22. The third-order valence-corrected chi connectivity index (χ3v) is 6.88. The summed E-state index contributed by atoms with van der Waals surface area (Å²) in [6.07, 6.45) is 14.5. The van der Waals surface area contributed by atoms with E-state index in [0.717, 1.165) is 50.7 Å². The minimum atomic E-state index is -1.48. The van der Waals surface area contributed by atoms with E-state index in [4.69, 9.17) is 9.47 Å². The van der Waals surface area contributed by atoms with Crippen molar-refractivity contribution in [2.75, 3.05) is 13.2 Å². The summed E-state index contributed by atoms with van der Waals surface area (Å²) in [6, 6.07) is 1.80. The maximum Gasteiger partial charge on any atom is 0.339 e. The van der Waals surface area contributed by atoms with Gasteiger partial charge in [-0.2, -0.15) is 0 Å². The van der Waals surface area contributed by atoms with Crippen molar-refractivity contribution in [2.45, 2.75) is 118 Å². The molecule has 0 atom stereocenters. The number of unbranched alkanes of at least 4 members (excludes halogenated alkanes) is 10. The number of carbonyl (C=O) groups is 4. The Bertz CT molecular complexity index is 864. The van der Waals surface area contributed by atoms with Crippen LogP contribution < -0.4 is 0 Å². The van der Waals surface area contributed by atoms with Gasteiger partial charge in [0.2, 0.25) is 0 Å². The van der Waals surface area contributed by atoms with Gasteiger partial charge >= 0.3 is 23.9 Å². The molecule has 0 spiro atoms. The Morgan fingerprint density at radius 2 is 0.825 bits per heavy atom. The Balaban J connectivity index is 2.66. The van der Waals surface area contributed by atoms with Gasteiger partial charge in [0, 0.05) is 0 Å². The van der Waals surface area contributed by atoms with Crippen LogP contribution >= 0.6 is 0 Å². The van der Waals surface area contributed by atoms with E-state index in [2.05, 4.69) is 27.7 Å². The van der Waals surface area contributed by atoms with Crippen LogP contribution in [0.1, 0.15) is 159 Å². The average Bonchev–Trinajstić information content (AvgIpc) is 2.89. The Kier molecular flexibility index (Phi) is 17.6. The molecule has 0 fully saturated rings. The molecule has 0 aromatic heterocycles. The standard InChI is InChI=1S/C32H50O8/c1-23(2)17-13-9-5-7-11-15-19-39-31(37)27-22-28(26(30(35)36)21-25(27)29(33)34)32(38)40-20-16-12-8-6-10-14-18-24(3)4/h21-24H,5-20H2,1-4H3,(H,33,34)(H,35,36). The third-order valence-electron chi connectivity index (χ3n) is 6.88. The van der Waals surface area contributed by atoms with Gasteiger partial charge in [-0.15, -0.1) is 0 Å². The number of carboxylic acid groups (broad SMARTS) is 2. The first-order valence-electron chi connectivity index (χ1n) is 15.0. The molecular weight excluding hydrogens is 512 g/mol. The van der Waals surface area contributed by atoms with Gasteiger partial charge in [-0.25, -0.2) is 19.2 Å². The lowest BCUT2D eigenvalue weighted by Crippen LogP contribution is -2.19. The SMILES string of the molecule is CC(C)CCCCCCCCOC(=O)c1cc(C(=O)OCCCCCCCCC(C)C)c(C(=O)O)cc1C(=O)O. The first-order chi connectivity index (χ1) is 19.0.